The van der Waals surface area contributed by atoms with Crippen molar-refractivity contribution in [1.82, 2.24) is 24.3 Å². The number of methoxy groups -OCH3 is 2. The SMILES string of the molecule is COc1cc(C#Cc2cn(C3CN(C(=O)/C=C/CN4CCC(O)CC4)C3)c3ncnc(N)c23)cc(OC)c1. The highest BCUT2D eigenvalue weighted by molar-refractivity contribution is 5.93. The number of hydrogen-bond donors (Lipinski definition) is 2. The number of nitrogen functional groups attached to an aromatic ring is 1. The third-order valence-corrected chi connectivity index (χ3v) is 7.08. The number of carbonyl (C=O) groups excluding carboxylic acids is 1. The molecule has 38 heavy (non-hydrogen) atoms. The Labute approximate surface area is 221 Å². The molecule has 198 valence electrons. The molecular weight excluding hydrogens is 484 g/mol. The van der Waals surface area contributed by atoms with Crippen molar-refractivity contribution in [2.75, 3.05) is 52.7 Å². The molecule has 4 heterocycles. The number of ether oxygens (including phenoxy) is 2. The molecule has 2 saturated heterocycles. The van der Waals surface area contributed by atoms with Crippen LogP contribution >= 0.6 is 0 Å². The van der Waals surface area contributed by atoms with Crippen LogP contribution in [-0.2, 0) is 4.79 Å². The van der Waals surface area contributed by atoms with E-state index in [-0.39, 0.29) is 18.1 Å². The Bertz CT molecular complexity index is 1390. The van der Waals surface area contributed by atoms with Crippen molar-refractivity contribution in [3.05, 3.63) is 54.0 Å². The third kappa shape index (κ3) is 5.44. The molecule has 2 fully saturated rings. The van der Waals surface area contributed by atoms with Crippen LogP contribution in [0.4, 0.5) is 5.82 Å². The molecule has 0 radical (unpaired) electrons. The molecule has 0 atom stereocenters. The number of nitrogens with zero attached hydrogens (tertiary/aromatic N) is 5. The molecule has 3 aromatic rings. The molecule has 3 N–H and O–H groups in total. The predicted molar refractivity (Wildman–Crippen MR) is 144 cm³/mol. The number of hydrogen-bond acceptors (Lipinski definition) is 8. The number of nitrogens with two attached hydrogens (primary N) is 1. The smallest absolute Gasteiger partial charge is 0.246 e. The van der Waals surface area contributed by atoms with Gasteiger partial charge in [-0.3, -0.25) is 9.69 Å². The van der Waals surface area contributed by atoms with E-state index >= 15 is 0 Å². The highest BCUT2D eigenvalue weighted by Crippen LogP contribution is 2.31. The van der Waals surface area contributed by atoms with Gasteiger partial charge in [-0.1, -0.05) is 17.9 Å². The number of amides is 1. The minimum atomic E-state index is -0.197. The number of likely N-dealkylation sites (tertiary alicyclic amines) is 2. The monoisotopic (exact) mass is 516 g/mol. The zero-order chi connectivity index (χ0) is 26.6. The molecule has 0 spiro atoms. The van der Waals surface area contributed by atoms with Crippen molar-refractivity contribution in [3.8, 4) is 23.3 Å². The summed E-state index contributed by atoms with van der Waals surface area (Å²) in [5.41, 5.74) is 8.38. The van der Waals surface area contributed by atoms with Gasteiger partial charge in [0.05, 0.1) is 37.3 Å². The molecule has 1 amide bonds. The first-order valence-corrected chi connectivity index (χ1v) is 12.7. The normalized spacial score (nSPS) is 16.9. The van der Waals surface area contributed by atoms with Crippen molar-refractivity contribution >= 4 is 22.8 Å². The Kier molecular flexibility index (Phi) is 7.49. The number of fused-ring (bicyclic) bond motifs is 1. The van der Waals surface area contributed by atoms with Gasteiger partial charge in [-0.25, -0.2) is 9.97 Å². The lowest BCUT2D eigenvalue weighted by Gasteiger charge is -2.39. The maximum atomic E-state index is 12.7. The van der Waals surface area contributed by atoms with Gasteiger partial charge in [0.1, 0.15) is 29.3 Å². The predicted octanol–water partition coefficient (Wildman–Crippen LogP) is 1.83. The van der Waals surface area contributed by atoms with Crippen LogP contribution in [0.2, 0.25) is 0 Å². The van der Waals surface area contributed by atoms with Crippen molar-refractivity contribution in [2.24, 2.45) is 0 Å². The minimum absolute atomic E-state index is 0.00381. The molecule has 2 aliphatic heterocycles. The number of carbonyl (C=O) groups is 1. The van der Waals surface area contributed by atoms with E-state index in [0.29, 0.717) is 41.4 Å². The van der Waals surface area contributed by atoms with Crippen LogP contribution in [0.1, 0.15) is 30.0 Å². The fraction of sp³-hybridized carbons (Fsp3) is 0.393. The van der Waals surface area contributed by atoms with E-state index in [4.69, 9.17) is 15.2 Å². The molecule has 2 aromatic heterocycles. The lowest BCUT2D eigenvalue weighted by Crippen LogP contribution is -2.50. The summed E-state index contributed by atoms with van der Waals surface area (Å²) < 4.78 is 12.7. The fourth-order valence-corrected chi connectivity index (χ4v) is 4.82. The Morgan fingerprint density at radius 2 is 1.84 bits per heavy atom. The molecule has 0 saturated carbocycles. The highest BCUT2D eigenvalue weighted by atomic mass is 16.5. The zero-order valence-electron chi connectivity index (χ0n) is 21.6. The summed E-state index contributed by atoms with van der Waals surface area (Å²) >= 11 is 0. The average molecular weight is 517 g/mol. The van der Waals surface area contributed by atoms with Crippen molar-refractivity contribution < 1.29 is 19.4 Å². The molecule has 10 heteroatoms. The largest absolute Gasteiger partial charge is 0.497 e. The summed E-state index contributed by atoms with van der Waals surface area (Å²) in [5.74, 6) is 8.05. The summed E-state index contributed by atoms with van der Waals surface area (Å²) in [5, 5.41) is 10.3. The second kappa shape index (κ2) is 11.1. The van der Waals surface area contributed by atoms with Crippen LogP contribution in [0.3, 0.4) is 0 Å². The molecular formula is C28H32N6O4. The van der Waals surface area contributed by atoms with Gasteiger partial charge in [0.15, 0.2) is 0 Å². The number of aliphatic hydroxyl groups excluding tert-OH is 1. The van der Waals surface area contributed by atoms with Crippen molar-refractivity contribution in [3.63, 3.8) is 0 Å². The summed E-state index contributed by atoms with van der Waals surface area (Å²) in [7, 11) is 3.20. The second-order valence-electron chi connectivity index (χ2n) is 9.59. The highest BCUT2D eigenvalue weighted by Gasteiger charge is 2.32. The third-order valence-electron chi connectivity index (χ3n) is 7.08. The van der Waals surface area contributed by atoms with Gasteiger partial charge in [-0.15, -0.1) is 0 Å². The van der Waals surface area contributed by atoms with Crippen LogP contribution in [0, 0.1) is 11.8 Å². The Hall–Kier alpha value is -4.07. The van der Waals surface area contributed by atoms with Gasteiger partial charge >= 0.3 is 0 Å². The molecule has 0 unspecified atom stereocenters. The van der Waals surface area contributed by atoms with Gasteiger partial charge in [-0.05, 0) is 25.0 Å². The van der Waals surface area contributed by atoms with Gasteiger partial charge in [0.2, 0.25) is 5.91 Å². The lowest BCUT2D eigenvalue weighted by atomic mass is 10.1. The summed E-state index contributed by atoms with van der Waals surface area (Å²) in [6, 6.07) is 5.54. The van der Waals surface area contributed by atoms with E-state index in [1.54, 1.807) is 26.4 Å². The summed E-state index contributed by atoms with van der Waals surface area (Å²) in [6.45, 7) is 3.58. The standard InChI is InChI=1S/C28H32N6O4/c1-37-23-12-19(13-24(14-23)38-2)5-6-20-15-34(28-26(20)27(29)30-18-31-28)21-16-33(17-21)25(36)4-3-9-32-10-7-22(35)8-11-32/h3-4,12-15,18,21-22,35H,7-11,16-17H2,1-2H3,(H2,29,30,31)/b4-3+. The number of anilines is 1. The fourth-order valence-electron chi connectivity index (χ4n) is 4.82. The van der Waals surface area contributed by atoms with E-state index in [0.717, 1.165) is 43.6 Å². The first-order valence-electron chi connectivity index (χ1n) is 12.7. The van der Waals surface area contributed by atoms with E-state index in [1.165, 1.54) is 6.33 Å². The first kappa shape index (κ1) is 25.6. The van der Waals surface area contributed by atoms with Crippen molar-refractivity contribution in [2.45, 2.75) is 25.0 Å². The maximum Gasteiger partial charge on any atom is 0.246 e. The zero-order valence-corrected chi connectivity index (χ0v) is 21.6. The number of rotatable bonds is 6. The van der Waals surface area contributed by atoms with E-state index in [9.17, 15) is 9.90 Å². The Morgan fingerprint density at radius 3 is 2.53 bits per heavy atom. The van der Waals surface area contributed by atoms with Gasteiger partial charge in [0.25, 0.3) is 0 Å². The van der Waals surface area contributed by atoms with E-state index < -0.39 is 0 Å². The Balaban J connectivity index is 1.29. The molecule has 0 bridgehead atoms. The number of piperidine rings is 1. The number of aromatic nitrogens is 3. The summed E-state index contributed by atoms with van der Waals surface area (Å²) in [4.78, 5) is 25.4. The quantitative estimate of drug-likeness (QED) is 0.376. The van der Waals surface area contributed by atoms with Crippen LogP contribution in [0.5, 0.6) is 11.5 Å². The first-order chi connectivity index (χ1) is 18.4. The Morgan fingerprint density at radius 1 is 1.13 bits per heavy atom. The van der Waals surface area contributed by atoms with Crippen LogP contribution < -0.4 is 15.2 Å². The molecule has 10 nitrogen and oxygen atoms in total. The summed E-state index contributed by atoms with van der Waals surface area (Å²) in [6.07, 6.45) is 8.32. The maximum absolute atomic E-state index is 12.7. The van der Waals surface area contributed by atoms with E-state index in [2.05, 4.69) is 26.7 Å². The number of aliphatic hydroxyl groups is 1. The molecule has 5 rings (SSSR count). The average Bonchev–Trinajstić information content (AvgIpc) is 3.27. The van der Waals surface area contributed by atoms with Crippen LogP contribution in [0.25, 0.3) is 11.0 Å². The molecule has 2 aliphatic rings. The van der Waals surface area contributed by atoms with Crippen LogP contribution in [0.15, 0.2) is 42.9 Å². The van der Waals surface area contributed by atoms with Crippen LogP contribution in [-0.4, -0.2) is 88.4 Å². The van der Waals surface area contributed by atoms with Gasteiger partial charge in [0, 0.05) is 56.6 Å². The topological polar surface area (TPSA) is 119 Å². The number of benzene rings is 1. The molecule has 1 aromatic carbocycles. The lowest BCUT2D eigenvalue weighted by molar-refractivity contribution is -0.131. The van der Waals surface area contributed by atoms with E-state index in [1.807, 2.05) is 33.9 Å². The molecule has 0 aliphatic carbocycles. The second-order valence-corrected chi connectivity index (χ2v) is 9.59. The minimum Gasteiger partial charge on any atom is -0.497 e. The van der Waals surface area contributed by atoms with Gasteiger partial charge < -0.3 is 29.8 Å². The van der Waals surface area contributed by atoms with Crippen molar-refractivity contribution in [1.29, 1.82) is 0 Å². The van der Waals surface area contributed by atoms with Gasteiger partial charge in [-0.2, -0.15) is 0 Å².